The van der Waals surface area contributed by atoms with E-state index in [0.717, 1.165) is 23.2 Å². The molecule has 84 valence electrons. The maximum absolute atomic E-state index is 5.72. The van der Waals surface area contributed by atoms with E-state index in [1.54, 1.807) is 0 Å². The van der Waals surface area contributed by atoms with Crippen LogP contribution in [0.2, 0.25) is 0 Å². The molecule has 0 aliphatic carbocycles. The zero-order chi connectivity index (χ0) is 11.1. The zero-order valence-electron chi connectivity index (χ0n) is 9.55. The SMILES string of the molecule is CCCCCCOc1cc(C)ccc1Br. The average Bonchev–Trinajstić information content (AvgIpc) is 2.23. The van der Waals surface area contributed by atoms with Gasteiger partial charge in [-0.15, -0.1) is 0 Å². The Labute approximate surface area is 101 Å². The first-order valence-electron chi connectivity index (χ1n) is 5.63. The van der Waals surface area contributed by atoms with Crippen molar-refractivity contribution in [3.8, 4) is 5.75 Å². The van der Waals surface area contributed by atoms with Gasteiger partial charge in [0.05, 0.1) is 11.1 Å². The molecule has 0 atom stereocenters. The van der Waals surface area contributed by atoms with E-state index >= 15 is 0 Å². The smallest absolute Gasteiger partial charge is 0.133 e. The summed E-state index contributed by atoms with van der Waals surface area (Å²) < 4.78 is 6.76. The predicted molar refractivity (Wildman–Crippen MR) is 68.5 cm³/mol. The van der Waals surface area contributed by atoms with Crippen molar-refractivity contribution in [1.29, 1.82) is 0 Å². The van der Waals surface area contributed by atoms with Crippen molar-refractivity contribution in [3.05, 3.63) is 28.2 Å². The van der Waals surface area contributed by atoms with Gasteiger partial charge in [-0.05, 0) is 47.0 Å². The fourth-order valence-corrected chi connectivity index (χ4v) is 1.79. The second-order valence-corrected chi connectivity index (χ2v) is 4.70. The largest absolute Gasteiger partial charge is 0.492 e. The van der Waals surface area contributed by atoms with Crippen LogP contribution in [-0.2, 0) is 0 Å². The van der Waals surface area contributed by atoms with E-state index in [1.165, 1.54) is 24.8 Å². The third-order valence-corrected chi connectivity index (χ3v) is 3.00. The molecule has 0 fully saturated rings. The standard InChI is InChI=1S/C13H19BrO/c1-3-4-5-6-9-15-13-10-11(2)7-8-12(13)14/h7-8,10H,3-6,9H2,1-2H3. The van der Waals surface area contributed by atoms with Gasteiger partial charge < -0.3 is 4.74 Å². The highest BCUT2D eigenvalue weighted by molar-refractivity contribution is 9.10. The van der Waals surface area contributed by atoms with Gasteiger partial charge in [0.2, 0.25) is 0 Å². The van der Waals surface area contributed by atoms with Gasteiger partial charge in [-0.3, -0.25) is 0 Å². The molecule has 1 rings (SSSR count). The van der Waals surface area contributed by atoms with Gasteiger partial charge in [-0.25, -0.2) is 0 Å². The number of aryl methyl sites for hydroxylation is 1. The third-order valence-electron chi connectivity index (χ3n) is 2.34. The minimum absolute atomic E-state index is 0.821. The average molecular weight is 271 g/mol. The first-order chi connectivity index (χ1) is 7.24. The molecule has 0 heterocycles. The van der Waals surface area contributed by atoms with Crippen LogP contribution in [0.5, 0.6) is 5.75 Å². The molecule has 15 heavy (non-hydrogen) atoms. The van der Waals surface area contributed by atoms with Crippen molar-refractivity contribution in [2.75, 3.05) is 6.61 Å². The molecule has 1 nitrogen and oxygen atoms in total. The molecule has 0 saturated carbocycles. The Bertz CT molecular complexity index is 297. The molecule has 0 aliphatic rings. The molecular formula is C13H19BrO. The molecule has 0 bridgehead atoms. The van der Waals surface area contributed by atoms with Gasteiger partial charge in [-0.1, -0.05) is 32.3 Å². The highest BCUT2D eigenvalue weighted by atomic mass is 79.9. The lowest BCUT2D eigenvalue weighted by atomic mass is 10.2. The van der Waals surface area contributed by atoms with E-state index in [4.69, 9.17) is 4.74 Å². The summed E-state index contributed by atoms with van der Waals surface area (Å²) >= 11 is 3.49. The summed E-state index contributed by atoms with van der Waals surface area (Å²) in [5.74, 6) is 0.964. The van der Waals surface area contributed by atoms with Crippen LogP contribution < -0.4 is 4.74 Å². The summed E-state index contributed by atoms with van der Waals surface area (Å²) in [4.78, 5) is 0. The zero-order valence-corrected chi connectivity index (χ0v) is 11.1. The van der Waals surface area contributed by atoms with E-state index in [1.807, 2.05) is 6.07 Å². The molecular weight excluding hydrogens is 252 g/mol. The lowest BCUT2D eigenvalue weighted by molar-refractivity contribution is 0.303. The Morgan fingerprint density at radius 3 is 2.73 bits per heavy atom. The van der Waals surface area contributed by atoms with Crippen molar-refractivity contribution in [2.24, 2.45) is 0 Å². The lowest BCUT2D eigenvalue weighted by Crippen LogP contribution is -1.98. The fourth-order valence-electron chi connectivity index (χ4n) is 1.43. The molecule has 0 aliphatic heterocycles. The first-order valence-corrected chi connectivity index (χ1v) is 6.42. The van der Waals surface area contributed by atoms with Crippen LogP contribution >= 0.6 is 15.9 Å². The lowest BCUT2D eigenvalue weighted by Gasteiger charge is -2.08. The van der Waals surface area contributed by atoms with E-state index in [2.05, 4.69) is 41.9 Å². The third kappa shape index (κ3) is 4.70. The number of halogens is 1. The Morgan fingerprint density at radius 2 is 2.00 bits per heavy atom. The van der Waals surface area contributed by atoms with Gasteiger partial charge in [0, 0.05) is 0 Å². The van der Waals surface area contributed by atoms with Crippen LogP contribution in [0.4, 0.5) is 0 Å². The topological polar surface area (TPSA) is 9.23 Å². The molecule has 0 unspecified atom stereocenters. The molecule has 0 spiro atoms. The van der Waals surface area contributed by atoms with Crippen LogP contribution in [0.1, 0.15) is 38.2 Å². The summed E-state index contributed by atoms with van der Waals surface area (Å²) in [7, 11) is 0. The van der Waals surface area contributed by atoms with Crippen molar-refractivity contribution in [3.63, 3.8) is 0 Å². The Morgan fingerprint density at radius 1 is 1.20 bits per heavy atom. The van der Waals surface area contributed by atoms with E-state index in [9.17, 15) is 0 Å². The highest BCUT2D eigenvalue weighted by Crippen LogP contribution is 2.25. The Hall–Kier alpha value is -0.500. The number of ether oxygens (including phenoxy) is 1. The van der Waals surface area contributed by atoms with Crippen LogP contribution in [-0.4, -0.2) is 6.61 Å². The van der Waals surface area contributed by atoms with E-state index < -0.39 is 0 Å². The summed E-state index contributed by atoms with van der Waals surface area (Å²) in [6, 6.07) is 6.19. The quantitative estimate of drug-likeness (QED) is 0.680. The summed E-state index contributed by atoms with van der Waals surface area (Å²) in [6.45, 7) is 5.12. The number of hydrogen-bond acceptors (Lipinski definition) is 1. The van der Waals surface area contributed by atoms with Crippen molar-refractivity contribution in [2.45, 2.75) is 39.5 Å². The number of unbranched alkanes of at least 4 members (excludes halogenated alkanes) is 3. The molecule has 2 heteroatoms. The minimum Gasteiger partial charge on any atom is -0.492 e. The summed E-state index contributed by atoms with van der Waals surface area (Å²) in [5.41, 5.74) is 1.24. The first kappa shape index (κ1) is 12.6. The van der Waals surface area contributed by atoms with Gasteiger partial charge in [0.25, 0.3) is 0 Å². The van der Waals surface area contributed by atoms with Gasteiger partial charge >= 0.3 is 0 Å². The predicted octanol–water partition coefficient (Wildman–Crippen LogP) is 4.72. The monoisotopic (exact) mass is 270 g/mol. The van der Waals surface area contributed by atoms with Crippen LogP contribution in [0.3, 0.4) is 0 Å². The maximum atomic E-state index is 5.72. The van der Waals surface area contributed by atoms with Gasteiger partial charge in [-0.2, -0.15) is 0 Å². The number of hydrogen-bond donors (Lipinski definition) is 0. The van der Waals surface area contributed by atoms with Gasteiger partial charge in [0.15, 0.2) is 0 Å². The normalized spacial score (nSPS) is 10.3. The van der Waals surface area contributed by atoms with E-state index in [0.29, 0.717) is 0 Å². The van der Waals surface area contributed by atoms with Crippen molar-refractivity contribution >= 4 is 15.9 Å². The van der Waals surface area contributed by atoms with Crippen LogP contribution in [0.25, 0.3) is 0 Å². The highest BCUT2D eigenvalue weighted by Gasteiger charge is 2.00. The number of rotatable bonds is 6. The molecule has 1 aromatic rings. The van der Waals surface area contributed by atoms with Crippen molar-refractivity contribution < 1.29 is 4.74 Å². The van der Waals surface area contributed by atoms with Crippen LogP contribution in [0, 0.1) is 6.92 Å². The molecule has 0 N–H and O–H groups in total. The molecule has 0 radical (unpaired) electrons. The van der Waals surface area contributed by atoms with Gasteiger partial charge in [0.1, 0.15) is 5.75 Å². The maximum Gasteiger partial charge on any atom is 0.133 e. The second-order valence-electron chi connectivity index (χ2n) is 3.84. The fraction of sp³-hybridized carbons (Fsp3) is 0.538. The Kier molecular flexibility index (Phi) is 5.77. The summed E-state index contributed by atoms with van der Waals surface area (Å²) in [5, 5.41) is 0. The summed E-state index contributed by atoms with van der Waals surface area (Å²) in [6.07, 6.45) is 4.99. The number of benzene rings is 1. The van der Waals surface area contributed by atoms with E-state index in [-0.39, 0.29) is 0 Å². The molecule has 0 aromatic heterocycles. The van der Waals surface area contributed by atoms with Crippen LogP contribution in [0.15, 0.2) is 22.7 Å². The Balaban J connectivity index is 2.33. The molecule has 1 aromatic carbocycles. The molecule has 0 saturated heterocycles. The minimum atomic E-state index is 0.821. The second kappa shape index (κ2) is 6.89. The van der Waals surface area contributed by atoms with Crippen molar-refractivity contribution in [1.82, 2.24) is 0 Å². The molecule has 0 amide bonds.